The molecule has 7 nitrogen and oxygen atoms in total. The van der Waals surface area contributed by atoms with Crippen LogP contribution in [0.2, 0.25) is 0 Å². The van der Waals surface area contributed by atoms with Crippen LogP contribution in [-0.2, 0) is 4.79 Å². The van der Waals surface area contributed by atoms with E-state index in [4.69, 9.17) is 0 Å². The first-order valence-electron chi connectivity index (χ1n) is 11.4. The second kappa shape index (κ2) is 10.1. The molecule has 3 saturated heterocycles. The van der Waals surface area contributed by atoms with Crippen LogP contribution in [0.5, 0.6) is 0 Å². The van der Waals surface area contributed by atoms with Crippen LogP contribution in [0.1, 0.15) is 36.6 Å². The van der Waals surface area contributed by atoms with E-state index in [1.807, 2.05) is 9.80 Å². The van der Waals surface area contributed by atoms with Crippen molar-refractivity contribution in [3.8, 4) is 0 Å². The Morgan fingerprint density at radius 2 is 1.80 bits per heavy atom. The Morgan fingerprint density at radius 3 is 2.50 bits per heavy atom. The Morgan fingerprint density at radius 1 is 1.07 bits per heavy atom. The van der Waals surface area contributed by atoms with E-state index in [9.17, 15) is 9.59 Å². The van der Waals surface area contributed by atoms with Gasteiger partial charge in [0.05, 0.1) is 12.0 Å². The van der Waals surface area contributed by atoms with Crippen LogP contribution >= 0.6 is 11.3 Å². The monoisotopic (exact) mass is 433 g/mol. The standard InChI is InChI=1S/C22H35N5O2S/c1-24-11-13-25(14-12-24)19(20-7-5-15-30-20)16-23-21(28)18-6-4-10-27(17-18)22(29)26-8-2-3-9-26/h5,7,15,18-19H,2-4,6,8-14,16-17H2,1H3,(H,23,28)/t18-,19-/m1/s1. The number of nitrogens with zero attached hydrogens (tertiary/aromatic N) is 4. The zero-order valence-corrected chi connectivity index (χ0v) is 18.9. The van der Waals surface area contributed by atoms with Crippen molar-refractivity contribution in [2.45, 2.75) is 31.7 Å². The number of likely N-dealkylation sites (N-methyl/N-ethyl adjacent to an activating group) is 1. The summed E-state index contributed by atoms with van der Waals surface area (Å²) in [7, 11) is 2.16. The first-order chi connectivity index (χ1) is 14.6. The third-order valence-electron chi connectivity index (χ3n) is 6.76. The molecule has 3 aliphatic heterocycles. The molecule has 166 valence electrons. The van der Waals surface area contributed by atoms with Gasteiger partial charge >= 0.3 is 6.03 Å². The second-order valence-corrected chi connectivity index (χ2v) is 9.86. The second-order valence-electron chi connectivity index (χ2n) is 8.88. The molecule has 0 radical (unpaired) electrons. The highest BCUT2D eigenvalue weighted by Gasteiger charge is 2.32. The fourth-order valence-corrected chi connectivity index (χ4v) is 5.70. The number of rotatable bonds is 5. The highest BCUT2D eigenvalue weighted by Crippen LogP contribution is 2.26. The Labute approximate surface area is 184 Å². The van der Waals surface area contributed by atoms with Gasteiger partial charge in [0.1, 0.15) is 0 Å². The highest BCUT2D eigenvalue weighted by molar-refractivity contribution is 7.10. The van der Waals surface area contributed by atoms with Crippen molar-refractivity contribution in [1.29, 1.82) is 0 Å². The Bertz CT molecular complexity index is 698. The van der Waals surface area contributed by atoms with Gasteiger partial charge in [-0.15, -0.1) is 11.3 Å². The summed E-state index contributed by atoms with van der Waals surface area (Å²) in [6, 6.07) is 4.62. The number of hydrogen-bond acceptors (Lipinski definition) is 5. The molecule has 8 heteroatoms. The van der Waals surface area contributed by atoms with Gasteiger partial charge in [0.25, 0.3) is 0 Å². The van der Waals surface area contributed by atoms with Crippen molar-refractivity contribution in [1.82, 2.24) is 24.9 Å². The van der Waals surface area contributed by atoms with Crippen LogP contribution in [0.15, 0.2) is 17.5 Å². The molecule has 0 unspecified atom stereocenters. The number of piperidine rings is 1. The molecule has 1 N–H and O–H groups in total. The molecule has 2 atom stereocenters. The van der Waals surface area contributed by atoms with Gasteiger partial charge in [-0.05, 0) is 44.2 Å². The minimum atomic E-state index is -0.0956. The number of piperazine rings is 1. The summed E-state index contributed by atoms with van der Waals surface area (Å²) >= 11 is 1.77. The molecule has 30 heavy (non-hydrogen) atoms. The summed E-state index contributed by atoms with van der Waals surface area (Å²) in [6.45, 7) is 7.86. The molecule has 4 heterocycles. The Balaban J connectivity index is 1.33. The number of thiophene rings is 1. The molecule has 1 aromatic heterocycles. The van der Waals surface area contributed by atoms with E-state index in [0.717, 1.165) is 71.5 Å². The predicted molar refractivity (Wildman–Crippen MR) is 120 cm³/mol. The minimum Gasteiger partial charge on any atom is -0.354 e. The van der Waals surface area contributed by atoms with E-state index in [1.54, 1.807) is 11.3 Å². The van der Waals surface area contributed by atoms with E-state index in [1.165, 1.54) is 4.88 Å². The normalized spacial score (nSPS) is 24.8. The molecule has 0 aromatic carbocycles. The van der Waals surface area contributed by atoms with E-state index >= 15 is 0 Å². The first kappa shape index (κ1) is 21.6. The van der Waals surface area contributed by atoms with Crippen molar-refractivity contribution in [3.63, 3.8) is 0 Å². The molecule has 4 rings (SSSR count). The van der Waals surface area contributed by atoms with Crippen molar-refractivity contribution in [2.24, 2.45) is 5.92 Å². The van der Waals surface area contributed by atoms with Crippen LogP contribution in [-0.4, -0.2) is 97.5 Å². The summed E-state index contributed by atoms with van der Waals surface area (Å²) < 4.78 is 0. The van der Waals surface area contributed by atoms with Gasteiger partial charge in [0.15, 0.2) is 0 Å². The molecular weight excluding hydrogens is 398 g/mol. The molecule has 0 spiro atoms. The molecule has 3 aliphatic rings. The van der Waals surface area contributed by atoms with E-state index in [0.29, 0.717) is 13.1 Å². The fourth-order valence-electron chi connectivity index (χ4n) is 4.84. The lowest BCUT2D eigenvalue weighted by Gasteiger charge is -2.38. The molecular formula is C22H35N5O2S. The number of amides is 3. The summed E-state index contributed by atoms with van der Waals surface area (Å²) in [5.41, 5.74) is 0. The minimum absolute atomic E-state index is 0.0956. The lowest BCUT2D eigenvalue weighted by molar-refractivity contribution is -0.126. The van der Waals surface area contributed by atoms with Gasteiger partial charge in [0, 0.05) is 63.8 Å². The summed E-state index contributed by atoms with van der Waals surface area (Å²) in [5.74, 6) is 0.00591. The smallest absolute Gasteiger partial charge is 0.320 e. The third-order valence-corrected chi connectivity index (χ3v) is 7.73. The van der Waals surface area contributed by atoms with Crippen LogP contribution in [0.3, 0.4) is 0 Å². The molecule has 1 aromatic rings. The average Bonchev–Trinajstić information content (AvgIpc) is 3.49. The lowest BCUT2D eigenvalue weighted by atomic mass is 9.97. The van der Waals surface area contributed by atoms with Crippen molar-refractivity contribution >= 4 is 23.3 Å². The van der Waals surface area contributed by atoms with Crippen LogP contribution < -0.4 is 5.32 Å². The van der Waals surface area contributed by atoms with Gasteiger partial charge in [-0.3, -0.25) is 9.69 Å². The SMILES string of the molecule is CN1CCN([C@H](CNC(=O)[C@@H]2CCCN(C(=O)N3CCCC3)C2)c2cccs2)CC1. The van der Waals surface area contributed by atoms with E-state index in [-0.39, 0.29) is 23.9 Å². The number of carbonyl (C=O) groups is 2. The lowest BCUT2D eigenvalue weighted by Crippen LogP contribution is -2.51. The molecule has 0 aliphatic carbocycles. The zero-order valence-electron chi connectivity index (χ0n) is 18.1. The molecule has 3 fully saturated rings. The summed E-state index contributed by atoms with van der Waals surface area (Å²) in [6.07, 6.45) is 3.97. The van der Waals surface area contributed by atoms with Gasteiger partial charge in [-0.25, -0.2) is 4.79 Å². The maximum absolute atomic E-state index is 13.0. The number of hydrogen-bond donors (Lipinski definition) is 1. The van der Waals surface area contributed by atoms with Crippen LogP contribution in [0, 0.1) is 5.92 Å². The fraction of sp³-hybridized carbons (Fsp3) is 0.727. The molecule has 0 saturated carbocycles. The topological polar surface area (TPSA) is 59.1 Å². The number of carbonyl (C=O) groups excluding carboxylic acids is 2. The van der Waals surface area contributed by atoms with Crippen LogP contribution in [0.25, 0.3) is 0 Å². The van der Waals surface area contributed by atoms with Crippen LogP contribution in [0.4, 0.5) is 4.79 Å². The summed E-state index contributed by atoms with van der Waals surface area (Å²) in [4.78, 5) is 35.8. The zero-order chi connectivity index (χ0) is 20.9. The number of nitrogens with one attached hydrogen (secondary N) is 1. The largest absolute Gasteiger partial charge is 0.354 e. The predicted octanol–water partition coefficient (Wildman–Crippen LogP) is 2.08. The van der Waals surface area contributed by atoms with Crippen molar-refractivity contribution in [2.75, 3.05) is 66.0 Å². The quantitative estimate of drug-likeness (QED) is 0.773. The van der Waals surface area contributed by atoms with E-state index in [2.05, 4.69) is 39.7 Å². The van der Waals surface area contributed by atoms with E-state index < -0.39 is 0 Å². The van der Waals surface area contributed by atoms with Crippen molar-refractivity contribution in [3.05, 3.63) is 22.4 Å². The van der Waals surface area contributed by atoms with Gasteiger partial charge < -0.3 is 20.0 Å². The van der Waals surface area contributed by atoms with Crippen molar-refractivity contribution < 1.29 is 9.59 Å². The Kier molecular flexibility index (Phi) is 7.28. The molecule has 0 bridgehead atoms. The third kappa shape index (κ3) is 5.15. The summed E-state index contributed by atoms with van der Waals surface area (Å²) in [5, 5.41) is 5.35. The first-order valence-corrected chi connectivity index (χ1v) is 12.3. The average molecular weight is 434 g/mol. The van der Waals surface area contributed by atoms with Gasteiger partial charge in [-0.1, -0.05) is 6.07 Å². The maximum atomic E-state index is 13.0. The number of likely N-dealkylation sites (tertiary alicyclic amines) is 2. The molecule has 3 amide bonds. The Hall–Kier alpha value is -1.64. The van der Waals surface area contributed by atoms with Gasteiger partial charge in [-0.2, -0.15) is 0 Å². The van der Waals surface area contributed by atoms with Gasteiger partial charge in [0.2, 0.25) is 5.91 Å². The maximum Gasteiger partial charge on any atom is 0.320 e. The number of urea groups is 1. The highest BCUT2D eigenvalue weighted by atomic mass is 32.1.